The third-order valence-corrected chi connectivity index (χ3v) is 16.6. The number of benzene rings is 1. The van der Waals surface area contributed by atoms with Crippen molar-refractivity contribution in [3.8, 4) is 0 Å². The van der Waals surface area contributed by atoms with Crippen molar-refractivity contribution in [3.63, 3.8) is 0 Å². The molecule has 72 heavy (non-hydrogen) atoms. The molecule has 408 valence electrons. The number of nitrogens with zero attached hydrogens (tertiary/aromatic N) is 2. The van der Waals surface area contributed by atoms with Crippen LogP contribution in [0.15, 0.2) is 41.8 Å². The SMILES string of the molecule is CC[C@H]1OC(=O)[C@H](C)[C@@H](O[C@H]2C[C@@](C)(OC)[C@@H](O)[C@H](C)O2)[C@H](C)[C@@H](O[C@@H]2O[C@H](C)C[C@H](N(C)C)[C@H]2O)[C@](C)(O)C[C@@H](C)CN(CCCNC(=O)C(C)c2ccc(C(=O)c3cccs3)cc2)[C@H](C)[C@@H](O)[C@]1(C)O. The van der Waals surface area contributed by atoms with E-state index >= 15 is 0 Å². The largest absolute Gasteiger partial charge is 0.459 e. The molecule has 3 saturated heterocycles. The number of amides is 1. The lowest BCUT2D eigenvalue weighted by molar-refractivity contribution is -0.318. The average molecular weight is 1030 g/mol. The van der Waals surface area contributed by atoms with Crippen molar-refractivity contribution in [2.75, 3.05) is 40.8 Å². The monoisotopic (exact) mass is 1030 g/mol. The number of aliphatic hydroxyl groups is 5. The number of hydrogen-bond acceptors (Lipinski definition) is 17. The van der Waals surface area contributed by atoms with E-state index in [1.165, 1.54) is 25.4 Å². The van der Waals surface area contributed by atoms with Crippen LogP contribution >= 0.6 is 11.3 Å². The van der Waals surface area contributed by atoms with Gasteiger partial charge in [0.25, 0.3) is 0 Å². The smallest absolute Gasteiger partial charge is 0.311 e. The number of aliphatic hydroxyl groups excluding tert-OH is 3. The third kappa shape index (κ3) is 14.1. The molecule has 1 aromatic heterocycles. The fourth-order valence-corrected chi connectivity index (χ4v) is 11.9. The topological polar surface area (TPSA) is 226 Å². The molecule has 17 nitrogen and oxygen atoms in total. The van der Waals surface area contributed by atoms with Gasteiger partial charge in [0, 0.05) is 56.7 Å². The Bertz CT molecular complexity index is 2040. The van der Waals surface area contributed by atoms with Crippen molar-refractivity contribution in [1.82, 2.24) is 15.1 Å². The highest BCUT2D eigenvalue weighted by Crippen LogP contribution is 2.40. The minimum atomic E-state index is -1.94. The Hall–Kier alpha value is -2.95. The van der Waals surface area contributed by atoms with E-state index in [0.29, 0.717) is 42.9 Å². The number of carbonyl (C=O) groups is 3. The van der Waals surface area contributed by atoms with Gasteiger partial charge in [-0.1, -0.05) is 51.1 Å². The van der Waals surface area contributed by atoms with Gasteiger partial charge in [0.15, 0.2) is 12.6 Å². The average Bonchev–Trinajstić information content (AvgIpc) is 3.88. The lowest BCUT2D eigenvalue weighted by Crippen LogP contribution is -2.60. The summed E-state index contributed by atoms with van der Waals surface area (Å²) in [5.74, 6) is -3.70. The zero-order valence-electron chi connectivity index (χ0n) is 45.1. The molecule has 0 bridgehead atoms. The minimum absolute atomic E-state index is 0.0711. The second kappa shape index (κ2) is 25.3. The Kier molecular flexibility index (Phi) is 21.0. The summed E-state index contributed by atoms with van der Waals surface area (Å²) in [5, 5.41) is 65.1. The summed E-state index contributed by atoms with van der Waals surface area (Å²) in [6.45, 7) is 20.3. The van der Waals surface area contributed by atoms with Gasteiger partial charge in [0.2, 0.25) is 11.7 Å². The van der Waals surface area contributed by atoms with Crippen molar-refractivity contribution in [2.24, 2.45) is 17.8 Å². The number of esters is 1. The van der Waals surface area contributed by atoms with Crippen LogP contribution in [0.4, 0.5) is 0 Å². The number of hydrogen-bond donors (Lipinski definition) is 6. The maximum atomic E-state index is 14.6. The predicted octanol–water partition coefficient (Wildman–Crippen LogP) is 4.87. The summed E-state index contributed by atoms with van der Waals surface area (Å²) >= 11 is 1.38. The Morgan fingerprint density at radius 3 is 2.22 bits per heavy atom. The van der Waals surface area contributed by atoms with Gasteiger partial charge in [0.1, 0.15) is 30.0 Å². The maximum Gasteiger partial charge on any atom is 0.311 e. The Labute approximate surface area is 431 Å². The second-order valence-corrected chi connectivity index (χ2v) is 23.0. The van der Waals surface area contributed by atoms with E-state index in [9.17, 15) is 39.9 Å². The van der Waals surface area contributed by atoms with Crippen LogP contribution in [0.2, 0.25) is 0 Å². The van der Waals surface area contributed by atoms with Crippen molar-refractivity contribution >= 4 is 29.0 Å². The van der Waals surface area contributed by atoms with E-state index in [1.807, 2.05) is 56.1 Å². The van der Waals surface area contributed by atoms with Crippen LogP contribution in [-0.2, 0) is 38.0 Å². The van der Waals surface area contributed by atoms with Gasteiger partial charge < -0.3 is 64.2 Å². The summed E-state index contributed by atoms with van der Waals surface area (Å²) < 4.78 is 38.1. The van der Waals surface area contributed by atoms with Crippen LogP contribution < -0.4 is 5.32 Å². The fraction of sp³-hybridized carbons (Fsp3) is 0.759. The summed E-state index contributed by atoms with van der Waals surface area (Å²) in [4.78, 5) is 45.5. The van der Waals surface area contributed by atoms with Gasteiger partial charge >= 0.3 is 5.97 Å². The van der Waals surface area contributed by atoms with Crippen LogP contribution in [0.5, 0.6) is 0 Å². The summed E-state index contributed by atoms with van der Waals surface area (Å²) in [7, 11) is 5.24. The molecule has 3 aliphatic heterocycles. The highest BCUT2D eigenvalue weighted by Gasteiger charge is 2.53. The first-order chi connectivity index (χ1) is 33.7. The second-order valence-electron chi connectivity index (χ2n) is 22.0. The van der Waals surface area contributed by atoms with Gasteiger partial charge in [-0.05, 0) is 118 Å². The van der Waals surface area contributed by atoms with Crippen molar-refractivity contribution in [2.45, 2.75) is 204 Å². The van der Waals surface area contributed by atoms with E-state index in [1.54, 1.807) is 78.8 Å². The molecule has 4 heterocycles. The van der Waals surface area contributed by atoms with Crippen LogP contribution in [0.3, 0.4) is 0 Å². The molecule has 6 N–H and O–H groups in total. The molecule has 1 amide bonds. The van der Waals surface area contributed by atoms with Crippen molar-refractivity contribution < 1.29 is 68.3 Å². The predicted molar refractivity (Wildman–Crippen MR) is 273 cm³/mol. The molecule has 18 heteroatoms. The standard InChI is InChI=1S/C54H87N3O14S/c1-15-41-54(11,65)46(60)35(7)57(24-17-23-55-49(62)32(4)37-19-21-38(22-20-37)43(58)40-18-16-25-72-40)29-30(2)27-52(9,64)48(71-51-44(59)39(56(12)13)26-31(3)67-51)33(5)45(34(6)50(63)69-41)70-42-28-53(10,66-14)47(61)36(8)68-42/h16,18-22,25,30-36,39,41-42,44-48,51,59-61,64-65H,15,17,23-24,26-29H2,1-14H3,(H,55,62)/t30-,31-,32?,33+,34-,35-,36+,39+,41-,42+,44-,45+,46-,47+,48-,51+,52-,53-,54-/m1/s1. The molecule has 1 aromatic carbocycles. The number of thiophene rings is 1. The number of cyclic esters (lactones) is 1. The first kappa shape index (κ1) is 59.9. The fourth-order valence-electron chi connectivity index (χ4n) is 11.2. The van der Waals surface area contributed by atoms with E-state index in [4.69, 9.17) is 28.4 Å². The number of likely N-dealkylation sites (N-methyl/N-ethyl adjacent to an activating group) is 1. The molecule has 5 rings (SSSR count). The number of carbonyl (C=O) groups excluding carboxylic acids is 3. The third-order valence-electron chi connectivity index (χ3n) is 15.8. The zero-order chi connectivity index (χ0) is 53.6. The summed E-state index contributed by atoms with van der Waals surface area (Å²) in [6.07, 6.45) is -8.75. The molecule has 2 aromatic rings. The molecular formula is C54H87N3O14S. The van der Waals surface area contributed by atoms with Crippen molar-refractivity contribution in [1.29, 1.82) is 0 Å². The zero-order valence-corrected chi connectivity index (χ0v) is 46.0. The summed E-state index contributed by atoms with van der Waals surface area (Å²) in [5.41, 5.74) is -3.38. The lowest BCUT2D eigenvalue weighted by atomic mass is 9.77. The first-order valence-electron chi connectivity index (χ1n) is 25.9. The van der Waals surface area contributed by atoms with E-state index < -0.39 is 102 Å². The number of ether oxygens (including phenoxy) is 6. The molecule has 19 atom stereocenters. The number of nitrogens with one attached hydrogen (secondary N) is 1. The van der Waals surface area contributed by atoms with E-state index in [-0.39, 0.29) is 49.0 Å². The van der Waals surface area contributed by atoms with Crippen molar-refractivity contribution in [3.05, 3.63) is 57.8 Å². The number of ketones is 1. The molecule has 1 unspecified atom stereocenters. The molecule has 0 aliphatic carbocycles. The number of methoxy groups -OCH3 is 1. The number of rotatable bonds is 15. The highest BCUT2D eigenvalue weighted by molar-refractivity contribution is 7.12. The molecule has 0 radical (unpaired) electrons. The quantitative estimate of drug-likeness (QED) is 0.0795. The van der Waals surface area contributed by atoms with Crippen LogP contribution in [-0.4, -0.2) is 184 Å². The molecule has 3 fully saturated rings. The van der Waals surface area contributed by atoms with E-state index in [0.717, 1.165) is 5.56 Å². The van der Waals surface area contributed by atoms with Gasteiger partial charge in [-0.15, -0.1) is 11.3 Å². The molecule has 3 aliphatic rings. The first-order valence-corrected chi connectivity index (χ1v) is 26.8. The van der Waals surface area contributed by atoms with Gasteiger partial charge in [-0.3, -0.25) is 19.3 Å². The maximum absolute atomic E-state index is 14.6. The Balaban J connectivity index is 1.45. The molecular weight excluding hydrogens is 947 g/mol. The summed E-state index contributed by atoms with van der Waals surface area (Å²) in [6, 6.07) is 9.64. The van der Waals surface area contributed by atoms with Gasteiger partial charge in [-0.2, -0.15) is 0 Å². The molecule has 0 spiro atoms. The Morgan fingerprint density at radius 1 is 0.958 bits per heavy atom. The lowest BCUT2D eigenvalue weighted by Gasteiger charge is -2.48. The highest BCUT2D eigenvalue weighted by atomic mass is 32.1. The molecule has 0 saturated carbocycles. The van der Waals surface area contributed by atoms with Crippen LogP contribution in [0, 0.1) is 17.8 Å². The Morgan fingerprint density at radius 2 is 1.62 bits per heavy atom. The van der Waals surface area contributed by atoms with E-state index in [2.05, 4.69) is 5.32 Å². The normalized spacial score (nSPS) is 39.4. The van der Waals surface area contributed by atoms with Crippen LogP contribution in [0.25, 0.3) is 0 Å². The van der Waals surface area contributed by atoms with Gasteiger partial charge in [-0.25, -0.2) is 0 Å². The van der Waals surface area contributed by atoms with Crippen LogP contribution in [0.1, 0.15) is 135 Å². The minimum Gasteiger partial charge on any atom is -0.459 e. The van der Waals surface area contributed by atoms with Gasteiger partial charge in [0.05, 0.1) is 52.3 Å².